The lowest BCUT2D eigenvalue weighted by molar-refractivity contribution is -0.116. The molecule has 112 valence electrons. The molecular formula is C16H21N3OS. The summed E-state index contributed by atoms with van der Waals surface area (Å²) in [6.45, 7) is 5.14. The van der Waals surface area contributed by atoms with E-state index in [1.54, 1.807) is 18.2 Å². The average Bonchev–Trinajstić information content (AvgIpc) is 2.53. The Morgan fingerprint density at radius 2 is 2.33 bits per heavy atom. The zero-order chi connectivity index (χ0) is 15.1. The van der Waals surface area contributed by atoms with Crippen LogP contribution in [0.1, 0.15) is 25.3 Å². The van der Waals surface area contributed by atoms with Gasteiger partial charge in [0.25, 0.3) is 0 Å². The first kappa shape index (κ1) is 15.9. The van der Waals surface area contributed by atoms with E-state index in [1.165, 1.54) is 6.42 Å². The Labute approximate surface area is 130 Å². The summed E-state index contributed by atoms with van der Waals surface area (Å²) in [5.41, 5.74) is 1.11. The van der Waals surface area contributed by atoms with Crippen molar-refractivity contribution >= 4 is 23.4 Å². The Morgan fingerprint density at radius 1 is 1.52 bits per heavy atom. The second kappa shape index (κ2) is 8.06. The van der Waals surface area contributed by atoms with Gasteiger partial charge in [0.2, 0.25) is 5.91 Å². The fourth-order valence-corrected chi connectivity index (χ4v) is 3.64. The van der Waals surface area contributed by atoms with Crippen molar-refractivity contribution in [1.29, 1.82) is 5.26 Å². The minimum Gasteiger partial charge on any atom is -0.325 e. The van der Waals surface area contributed by atoms with E-state index < -0.39 is 0 Å². The standard InChI is InChI=1S/C16H21N3OS/c1-2-14-12-19(9-10-21-14)8-7-16(20)18-15-6-4-3-5-13(15)11-17/h3-6,14H,2,7-10,12H2,1H3,(H,18,20)/t14-/m0/s1. The molecule has 0 saturated carbocycles. The molecule has 1 atom stereocenters. The first-order chi connectivity index (χ1) is 10.2. The van der Waals surface area contributed by atoms with Crippen LogP contribution in [0.4, 0.5) is 5.69 Å². The molecule has 21 heavy (non-hydrogen) atoms. The lowest BCUT2D eigenvalue weighted by Gasteiger charge is -2.31. The van der Waals surface area contributed by atoms with Crippen molar-refractivity contribution < 1.29 is 4.79 Å². The van der Waals surface area contributed by atoms with Crippen molar-refractivity contribution in [2.75, 3.05) is 30.7 Å². The number of carbonyl (C=O) groups is 1. The van der Waals surface area contributed by atoms with Crippen LogP contribution >= 0.6 is 11.8 Å². The van der Waals surface area contributed by atoms with E-state index >= 15 is 0 Å². The van der Waals surface area contributed by atoms with Crippen molar-refractivity contribution in [2.45, 2.75) is 25.0 Å². The summed E-state index contributed by atoms with van der Waals surface area (Å²) in [6.07, 6.45) is 1.66. The second-order valence-corrected chi connectivity index (χ2v) is 6.57. The minimum absolute atomic E-state index is 0.0241. The van der Waals surface area contributed by atoms with Gasteiger partial charge in [-0.2, -0.15) is 17.0 Å². The fraction of sp³-hybridized carbons (Fsp3) is 0.500. The van der Waals surface area contributed by atoms with Crippen LogP contribution in [0, 0.1) is 11.3 Å². The van der Waals surface area contributed by atoms with Gasteiger partial charge in [0, 0.05) is 37.1 Å². The summed E-state index contributed by atoms with van der Waals surface area (Å²) in [5, 5.41) is 12.5. The third-order valence-electron chi connectivity index (χ3n) is 3.65. The summed E-state index contributed by atoms with van der Waals surface area (Å²) in [6, 6.07) is 9.19. The molecule has 0 bridgehead atoms. The quantitative estimate of drug-likeness (QED) is 0.908. The monoisotopic (exact) mass is 303 g/mol. The van der Waals surface area contributed by atoms with Crippen LogP contribution in [-0.4, -0.2) is 41.4 Å². The van der Waals surface area contributed by atoms with Crippen LogP contribution in [0.3, 0.4) is 0 Å². The number of nitrogens with one attached hydrogen (secondary N) is 1. The maximum atomic E-state index is 12.0. The number of nitriles is 1. The van der Waals surface area contributed by atoms with Crippen LogP contribution in [0.2, 0.25) is 0 Å². The third-order valence-corrected chi connectivity index (χ3v) is 5.03. The van der Waals surface area contributed by atoms with Gasteiger partial charge >= 0.3 is 0 Å². The number of hydrogen-bond donors (Lipinski definition) is 1. The maximum Gasteiger partial charge on any atom is 0.225 e. The molecule has 1 saturated heterocycles. The van der Waals surface area contributed by atoms with Gasteiger partial charge in [0.15, 0.2) is 0 Å². The molecule has 0 aliphatic carbocycles. The average molecular weight is 303 g/mol. The van der Waals surface area contributed by atoms with E-state index in [1.807, 2.05) is 17.8 Å². The smallest absolute Gasteiger partial charge is 0.225 e. The number of amides is 1. The molecule has 1 fully saturated rings. The minimum atomic E-state index is -0.0241. The van der Waals surface area contributed by atoms with Crippen molar-refractivity contribution in [3.05, 3.63) is 29.8 Å². The molecule has 5 heteroatoms. The first-order valence-corrected chi connectivity index (χ1v) is 8.40. The molecule has 0 spiro atoms. The van der Waals surface area contributed by atoms with Crippen LogP contribution in [0.15, 0.2) is 24.3 Å². The molecule has 1 N–H and O–H groups in total. The molecule has 4 nitrogen and oxygen atoms in total. The molecule has 0 radical (unpaired) electrons. The van der Waals surface area contributed by atoms with E-state index in [9.17, 15) is 4.79 Å². The highest BCUT2D eigenvalue weighted by molar-refractivity contribution is 8.00. The highest BCUT2D eigenvalue weighted by Gasteiger charge is 2.19. The van der Waals surface area contributed by atoms with Crippen LogP contribution < -0.4 is 5.32 Å². The van der Waals surface area contributed by atoms with Gasteiger partial charge in [-0.3, -0.25) is 4.79 Å². The van der Waals surface area contributed by atoms with Gasteiger partial charge in [0.05, 0.1) is 11.3 Å². The van der Waals surface area contributed by atoms with Gasteiger partial charge in [-0.15, -0.1) is 0 Å². The molecule has 1 aliphatic heterocycles. The molecule has 1 heterocycles. The zero-order valence-corrected chi connectivity index (χ0v) is 13.2. The summed E-state index contributed by atoms with van der Waals surface area (Å²) in [5.74, 6) is 1.13. The largest absolute Gasteiger partial charge is 0.325 e. The number of carbonyl (C=O) groups excluding carboxylic acids is 1. The summed E-state index contributed by atoms with van der Waals surface area (Å²) >= 11 is 2.03. The lowest BCUT2D eigenvalue weighted by atomic mass is 10.2. The molecule has 1 amide bonds. The lowest BCUT2D eigenvalue weighted by Crippen LogP contribution is -2.39. The predicted octanol–water partition coefficient (Wildman–Crippen LogP) is 2.71. The molecule has 0 unspecified atom stereocenters. The Balaban J connectivity index is 1.81. The van der Waals surface area contributed by atoms with E-state index in [-0.39, 0.29) is 5.91 Å². The Hall–Kier alpha value is -1.51. The Kier molecular flexibility index (Phi) is 6.09. The van der Waals surface area contributed by atoms with Crippen LogP contribution in [-0.2, 0) is 4.79 Å². The summed E-state index contributed by atoms with van der Waals surface area (Å²) in [4.78, 5) is 14.4. The fourth-order valence-electron chi connectivity index (χ4n) is 2.39. The van der Waals surface area contributed by atoms with Gasteiger partial charge in [-0.05, 0) is 18.6 Å². The van der Waals surface area contributed by atoms with Gasteiger partial charge in [0.1, 0.15) is 6.07 Å². The number of rotatable bonds is 5. The second-order valence-electron chi connectivity index (χ2n) is 5.16. The summed E-state index contributed by atoms with van der Waals surface area (Å²) in [7, 11) is 0. The van der Waals surface area contributed by atoms with Gasteiger partial charge in [-0.25, -0.2) is 0 Å². The Bertz CT molecular complexity index is 526. The molecule has 1 aromatic carbocycles. The topological polar surface area (TPSA) is 56.1 Å². The van der Waals surface area contributed by atoms with Crippen molar-refractivity contribution in [3.8, 4) is 6.07 Å². The molecule has 1 aromatic rings. The van der Waals surface area contributed by atoms with E-state index in [2.05, 4.69) is 23.2 Å². The number of anilines is 1. The van der Waals surface area contributed by atoms with E-state index in [4.69, 9.17) is 5.26 Å². The predicted molar refractivity (Wildman–Crippen MR) is 87.4 cm³/mol. The molecular weight excluding hydrogens is 282 g/mol. The Morgan fingerprint density at radius 3 is 3.10 bits per heavy atom. The van der Waals surface area contributed by atoms with Crippen LogP contribution in [0.25, 0.3) is 0 Å². The molecule has 1 aliphatic rings. The molecule has 0 aromatic heterocycles. The number of nitrogens with zero attached hydrogens (tertiary/aromatic N) is 2. The van der Waals surface area contributed by atoms with Crippen LogP contribution in [0.5, 0.6) is 0 Å². The number of thioether (sulfide) groups is 1. The van der Waals surface area contributed by atoms with Gasteiger partial charge < -0.3 is 10.2 Å². The third kappa shape index (κ3) is 4.76. The summed E-state index contributed by atoms with van der Waals surface area (Å²) < 4.78 is 0. The highest BCUT2D eigenvalue weighted by Crippen LogP contribution is 2.21. The van der Waals surface area contributed by atoms with Gasteiger partial charge in [-0.1, -0.05) is 19.1 Å². The highest BCUT2D eigenvalue weighted by atomic mass is 32.2. The number of para-hydroxylation sites is 1. The van der Waals surface area contributed by atoms with Crippen molar-refractivity contribution in [3.63, 3.8) is 0 Å². The number of benzene rings is 1. The normalized spacial score (nSPS) is 19.0. The SMILES string of the molecule is CC[C@H]1CN(CCC(=O)Nc2ccccc2C#N)CCS1. The molecule has 2 rings (SSSR count). The first-order valence-electron chi connectivity index (χ1n) is 7.36. The van der Waals surface area contributed by atoms with E-state index in [0.29, 0.717) is 22.9 Å². The maximum absolute atomic E-state index is 12.0. The van der Waals surface area contributed by atoms with E-state index in [0.717, 1.165) is 25.4 Å². The van der Waals surface area contributed by atoms with Crippen molar-refractivity contribution in [1.82, 2.24) is 4.90 Å². The number of hydrogen-bond acceptors (Lipinski definition) is 4. The zero-order valence-electron chi connectivity index (χ0n) is 12.3. The van der Waals surface area contributed by atoms with Crippen molar-refractivity contribution in [2.24, 2.45) is 0 Å².